The Morgan fingerprint density at radius 3 is 2.31 bits per heavy atom. The van der Waals surface area contributed by atoms with Crippen LogP contribution in [-0.4, -0.2) is 5.91 Å². The zero-order valence-corrected chi connectivity index (χ0v) is 10.4. The van der Waals surface area contributed by atoms with Gasteiger partial charge in [-0.2, -0.15) is 0 Å². The third kappa shape index (κ3) is 2.43. The summed E-state index contributed by atoms with van der Waals surface area (Å²) in [4.78, 5) is 11.2. The van der Waals surface area contributed by atoms with E-state index >= 15 is 0 Å². The summed E-state index contributed by atoms with van der Waals surface area (Å²) in [5, 5.41) is 0. The van der Waals surface area contributed by atoms with E-state index in [1.807, 2.05) is 32.0 Å². The molecule has 0 aromatic heterocycles. The molecule has 1 aromatic rings. The summed E-state index contributed by atoms with van der Waals surface area (Å²) >= 11 is 0. The number of hydrogen-bond acceptors (Lipinski definition) is 1. The largest absolute Gasteiger partial charge is 0.369 e. The second-order valence-corrected chi connectivity index (χ2v) is 4.06. The van der Waals surface area contributed by atoms with Crippen LogP contribution in [0.4, 0.5) is 0 Å². The predicted octanol–water partition coefficient (Wildman–Crippen LogP) is 3.18. The third-order valence-corrected chi connectivity index (χ3v) is 3.13. The van der Waals surface area contributed by atoms with Gasteiger partial charge in [-0.1, -0.05) is 45.0 Å². The van der Waals surface area contributed by atoms with Crippen molar-refractivity contribution in [2.24, 2.45) is 5.73 Å². The Morgan fingerprint density at radius 2 is 1.75 bits per heavy atom. The Hall–Kier alpha value is -1.31. The van der Waals surface area contributed by atoms with Gasteiger partial charge in [-0.05, 0) is 29.9 Å². The number of carbonyl (C=O) groups excluding carboxylic acids is 1. The molecule has 0 saturated carbocycles. The van der Waals surface area contributed by atoms with Crippen molar-refractivity contribution >= 4 is 5.91 Å². The quantitative estimate of drug-likeness (QED) is 0.774. The average molecular weight is 219 g/mol. The minimum atomic E-state index is -0.190. The molecule has 0 radical (unpaired) electrons. The molecule has 1 aromatic carbocycles. The molecule has 2 heteroatoms. The minimum Gasteiger partial charge on any atom is -0.369 e. The second kappa shape index (κ2) is 5.69. The number of carbonyl (C=O) groups is 1. The number of rotatable bonds is 1. The molecule has 2 rings (SSSR count). The van der Waals surface area contributed by atoms with E-state index in [0.717, 1.165) is 18.4 Å². The molecule has 1 amide bonds. The Balaban J connectivity index is 0.000000606. The molecule has 2 atom stereocenters. The molecule has 0 fully saturated rings. The van der Waals surface area contributed by atoms with Gasteiger partial charge in [0.2, 0.25) is 5.91 Å². The molecule has 1 aliphatic rings. The van der Waals surface area contributed by atoms with Crippen LogP contribution in [0.5, 0.6) is 0 Å². The summed E-state index contributed by atoms with van der Waals surface area (Å²) in [5.41, 5.74) is 7.82. The maximum atomic E-state index is 11.2. The second-order valence-electron chi connectivity index (χ2n) is 4.06. The lowest BCUT2D eigenvalue weighted by Crippen LogP contribution is -2.25. The lowest BCUT2D eigenvalue weighted by molar-refractivity contribution is -0.119. The molecule has 2 unspecified atom stereocenters. The molecular formula is C14H21NO. The number of primary amides is 1. The van der Waals surface area contributed by atoms with Gasteiger partial charge in [-0.15, -0.1) is 0 Å². The fraction of sp³-hybridized carbons (Fsp3) is 0.500. The van der Waals surface area contributed by atoms with Gasteiger partial charge in [0.15, 0.2) is 0 Å². The van der Waals surface area contributed by atoms with Crippen molar-refractivity contribution in [1.29, 1.82) is 0 Å². The number of hydrogen-bond donors (Lipinski definition) is 1. The standard InChI is InChI=1S/C12H15NO.C2H6/c1-8-6-7-11(12(13)14)10-5-3-2-4-9(8)10;1-2/h2-5,8,11H,6-7H2,1H3,(H2,13,14);1-2H3. The Labute approximate surface area is 97.9 Å². The Kier molecular flexibility index (Phi) is 4.53. The lowest BCUT2D eigenvalue weighted by atomic mass is 9.77. The SMILES string of the molecule is CC.CC1CCC(C(N)=O)c2ccccc21. The summed E-state index contributed by atoms with van der Waals surface area (Å²) in [7, 11) is 0. The lowest BCUT2D eigenvalue weighted by Gasteiger charge is -2.27. The van der Waals surface area contributed by atoms with E-state index in [9.17, 15) is 4.79 Å². The Morgan fingerprint density at radius 1 is 1.19 bits per heavy atom. The summed E-state index contributed by atoms with van der Waals surface area (Å²) < 4.78 is 0. The molecule has 0 saturated heterocycles. The van der Waals surface area contributed by atoms with Crippen LogP contribution in [0.2, 0.25) is 0 Å². The van der Waals surface area contributed by atoms with E-state index in [0.29, 0.717) is 5.92 Å². The van der Waals surface area contributed by atoms with Crippen LogP contribution in [0, 0.1) is 0 Å². The van der Waals surface area contributed by atoms with Gasteiger partial charge in [0.1, 0.15) is 0 Å². The number of nitrogens with two attached hydrogens (primary N) is 1. The molecule has 1 aliphatic carbocycles. The third-order valence-electron chi connectivity index (χ3n) is 3.13. The van der Waals surface area contributed by atoms with Crippen molar-refractivity contribution in [3.8, 4) is 0 Å². The van der Waals surface area contributed by atoms with Gasteiger partial charge < -0.3 is 5.73 Å². The van der Waals surface area contributed by atoms with Gasteiger partial charge in [-0.3, -0.25) is 4.79 Å². The van der Waals surface area contributed by atoms with Crippen molar-refractivity contribution in [2.75, 3.05) is 0 Å². The van der Waals surface area contributed by atoms with E-state index in [1.54, 1.807) is 0 Å². The molecule has 0 heterocycles. The van der Waals surface area contributed by atoms with Crippen LogP contribution in [-0.2, 0) is 4.79 Å². The highest BCUT2D eigenvalue weighted by molar-refractivity contribution is 5.82. The summed E-state index contributed by atoms with van der Waals surface area (Å²) in [6, 6.07) is 8.14. The molecule has 88 valence electrons. The van der Waals surface area contributed by atoms with Gasteiger partial charge in [-0.25, -0.2) is 0 Å². The highest BCUT2D eigenvalue weighted by atomic mass is 16.1. The first-order valence-electron chi connectivity index (χ1n) is 6.08. The van der Waals surface area contributed by atoms with Crippen LogP contribution in [0.1, 0.15) is 56.6 Å². The van der Waals surface area contributed by atoms with E-state index in [2.05, 4.69) is 13.0 Å². The zero-order chi connectivity index (χ0) is 12.1. The van der Waals surface area contributed by atoms with Crippen LogP contribution < -0.4 is 5.73 Å². The van der Waals surface area contributed by atoms with Crippen molar-refractivity contribution in [1.82, 2.24) is 0 Å². The minimum absolute atomic E-state index is 0.0672. The van der Waals surface area contributed by atoms with Crippen molar-refractivity contribution in [2.45, 2.75) is 45.4 Å². The predicted molar refractivity (Wildman–Crippen MR) is 67.4 cm³/mol. The molecule has 0 aliphatic heterocycles. The first kappa shape index (κ1) is 12.8. The van der Waals surface area contributed by atoms with Crippen LogP contribution in [0.15, 0.2) is 24.3 Å². The summed E-state index contributed by atoms with van der Waals surface area (Å²) in [6.45, 7) is 6.20. The summed E-state index contributed by atoms with van der Waals surface area (Å²) in [5.74, 6) is 0.300. The average Bonchev–Trinajstić information content (AvgIpc) is 2.32. The number of benzene rings is 1. The van der Waals surface area contributed by atoms with Crippen molar-refractivity contribution < 1.29 is 4.79 Å². The topological polar surface area (TPSA) is 43.1 Å². The molecule has 2 N–H and O–H groups in total. The van der Waals surface area contributed by atoms with Gasteiger partial charge in [0, 0.05) is 0 Å². The normalized spacial score (nSPS) is 22.7. The fourth-order valence-corrected chi connectivity index (χ4v) is 2.30. The van der Waals surface area contributed by atoms with Crippen LogP contribution >= 0.6 is 0 Å². The maximum Gasteiger partial charge on any atom is 0.224 e. The molecule has 0 spiro atoms. The van der Waals surface area contributed by atoms with Gasteiger partial charge in [0.05, 0.1) is 5.92 Å². The van der Waals surface area contributed by atoms with Gasteiger partial charge >= 0.3 is 0 Å². The van der Waals surface area contributed by atoms with Crippen molar-refractivity contribution in [3.05, 3.63) is 35.4 Å². The van der Waals surface area contributed by atoms with Crippen molar-refractivity contribution in [3.63, 3.8) is 0 Å². The monoisotopic (exact) mass is 219 g/mol. The summed E-state index contributed by atoms with van der Waals surface area (Å²) in [6.07, 6.45) is 1.96. The first-order chi connectivity index (χ1) is 7.70. The number of amides is 1. The first-order valence-corrected chi connectivity index (χ1v) is 6.08. The maximum absolute atomic E-state index is 11.2. The molecule has 0 bridgehead atoms. The van der Waals surface area contributed by atoms with Crippen LogP contribution in [0.3, 0.4) is 0 Å². The molecular weight excluding hydrogens is 198 g/mol. The van der Waals surface area contributed by atoms with Crippen LogP contribution in [0.25, 0.3) is 0 Å². The highest BCUT2D eigenvalue weighted by Crippen LogP contribution is 2.37. The molecule has 2 nitrogen and oxygen atoms in total. The van der Waals surface area contributed by atoms with E-state index in [1.165, 1.54) is 5.56 Å². The zero-order valence-electron chi connectivity index (χ0n) is 10.4. The Bertz CT molecular complexity index is 360. The van der Waals surface area contributed by atoms with E-state index < -0.39 is 0 Å². The highest BCUT2D eigenvalue weighted by Gasteiger charge is 2.27. The van der Waals surface area contributed by atoms with E-state index in [-0.39, 0.29) is 11.8 Å². The smallest absolute Gasteiger partial charge is 0.224 e. The fourth-order valence-electron chi connectivity index (χ4n) is 2.30. The van der Waals surface area contributed by atoms with Gasteiger partial charge in [0.25, 0.3) is 0 Å². The number of fused-ring (bicyclic) bond motifs is 1. The van der Waals surface area contributed by atoms with E-state index in [4.69, 9.17) is 5.73 Å². The molecule has 16 heavy (non-hydrogen) atoms.